The van der Waals surface area contributed by atoms with Gasteiger partial charge in [0.15, 0.2) is 11.5 Å². The van der Waals surface area contributed by atoms with Crippen molar-refractivity contribution in [2.75, 3.05) is 14.2 Å². The molecule has 2 aromatic carbocycles. The summed E-state index contributed by atoms with van der Waals surface area (Å²) in [6.07, 6.45) is 1.76. The van der Waals surface area contributed by atoms with E-state index in [0.29, 0.717) is 28.7 Å². The number of Topliss-reactive ketones (excluding diaryl/α,β-unsaturated/α-hetero) is 1. The van der Waals surface area contributed by atoms with E-state index in [1.54, 1.807) is 19.3 Å². The van der Waals surface area contributed by atoms with Gasteiger partial charge < -0.3 is 14.2 Å². The monoisotopic (exact) mass is 450 g/mol. The predicted molar refractivity (Wildman–Crippen MR) is 106 cm³/mol. The summed E-state index contributed by atoms with van der Waals surface area (Å²) >= 11 is 2.12. The molecule has 0 saturated heterocycles. The van der Waals surface area contributed by atoms with Crippen molar-refractivity contribution >= 4 is 34.5 Å². The van der Waals surface area contributed by atoms with Crippen LogP contribution in [0.3, 0.4) is 0 Å². The number of fused-ring (bicyclic) bond motifs is 1. The molecule has 0 fully saturated rings. The number of ether oxygens (including phenoxy) is 3. The van der Waals surface area contributed by atoms with Gasteiger partial charge in [-0.15, -0.1) is 0 Å². The summed E-state index contributed by atoms with van der Waals surface area (Å²) < 4.78 is 17.3. The first kappa shape index (κ1) is 17.8. The van der Waals surface area contributed by atoms with E-state index in [9.17, 15) is 4.79 Å². The summed E-state index contributed by atoms with van der Waals surface area (Å²) in [6.45, 7) is 4.30. The molecule has 1 aliphatic rings. The summed E-state index contributed by atoms with van der Waals surface area (Å²) in [4.78, 5) is 12.8. The number of hydrogen-bond acceptors (Lipinski definition) is 4. The number of ketones is 1. The minimum Gasteiger partial charge on any atom is -0.496 e. The Morgan fingerprint density at radius 3 is 2.28 bits per heavy atom. The lowest BCUT2D eigenvalue weighted by Crippen LogP contribution is -2.00. The van der Waals surface area contributed by atoms with E-state index in [0.717, 1.165) is 9.13 Å². The van der Waals surface area contributed by atoms with E-state index >= 15 is 0 Å². The van der Waals surface area contributed by atoms with Crippen molar-refractivity contribution in [2.45, 2.75) is 19.8 Å². The molecule has 0 radical (unpaired) electrons. The van der Waals surface area contributed by atoms with Gasteiger partial charge in [0.2, 0.25) is 5.78 Å². The van der Waals surface area contributed by atoms with Crippen molar-refractivity contribution < 1.29 is 19.0 Å². The van der Waals surface area contributed by atoms with E-state index in [1.807, 2.05) is 12.1 Å². The van der Waals surface area contributed by atoms with E-state index in [-0.39, 0.29) is 11.5 Å². The second-order valence-electron chi connectivity index (χ2n) is 6.06. The smallest absolute Gasteiger partial charge is 0.235 e. The third-order valence-corrected chi connectivity index (χ3v) is 5.18. The molecule has 0 bridgehead atoms. The highest BCUT2D eigenvalue weighted by Crippen LogP contribution is 2.45. The normalized spacial score (nSPS) is 14.6. The third kappa shape index (κ3) is 3.25. The van der Waals surface area contributed by atoms with Gasteiger partial charge in [-0.1, -0.05) is 38.1 Å². The van der Waals surface area contributed by atoms with Crippen LogP contribution in [-0.4, -0.2) is 20.0 Å². The third-order valence-electron chi connectivity index (χ3n) is 4.15. The topological polar surface area (TPSA) is 44.8 Å². The van der Waals surface area contributed by atoms with Gasteiger partial charge in [0.05, 0.1) is 17.8 Å². The van der Waals surface area contributed by atoms with Crippen LogP contribution in [0.2, 0.25) is 0 Å². The van der Waals surface area contributed by atoms with Gasteiger partial charge in [0.1, 0.15) is 17.1 Å². The van der Waals surface area contributed by atoms with Crippen LogP contribution < -0.4 is 14.2 Å². The highest BCUT2D eigenvalue weighted by atomic mass is 127. The van der Waals surface area contributed by atoms with Crippen LogP contribution >= 0.6 is 22.6 Å². The fraction of sp³-hybridized carbons (Fsp3) is 0.250. The molecule has 5 heteroatoms. The van der Waals surface area contributed by atoms with Gasteiger partial charge in [-0.2, -0.15) is 0 Å². The van der Waals surface area contributed by atoms with Gasteiger partial charge in [-0.05, 0) is 45.7 Å². The van der Waals surface area contributed by atoms with Crippen LogP contribution in [0.1, 0.15) is 41.3 Å². The number of halogens is 1. The van der Waals surface area contributed by atoms with E-state index in [4.69, 9.17) is 14.2 Å². The molecule has 0 amide bonds. The lowest BCUT2D eigenvalue weighted by Gasteiger charge is -2.10. The second kappa shape index (κ2) is 7.07. The molecule has 0 atom stereocenters. The SMILES string of the molecule is COc1cc(OC)c2c(c1I)OC(=Cc1ccc(C(C)C)cc1)C2=O. The maximum atomic E-state index is 12.8. The molecular formula is C20H19IO4. The van der Waals surface area contributed by atoms with Crippen molar-refractivity contribution in [3.8, 4) is 17.2 Å². The number of methoxy groups -OCH3 is 2. The van der Waals surface area contributed by atoms with Gasteiger partial charge >= 0.3 is 0 Å². The maximum Gasteiger partial charge on any atom is 0.235 e. The average molecular weight is 450 g/mol. The first-order chi connectivity index (χ1) is 12.0. The van der Waals surface area contributed by atoms with Crippen molar-refractivity contribution in [3.05, 3.63) is 56.4 Å². The Labute approximate surface area is 160 Å². The molecule has 0 saturated carbocycles. The van der Waals surface area contributed by atoms with Crippen molar-refractivity contribution in [3.63, 3.8) is 0 Å². The zero-order valence-corrected chi connectivity index (χ0v) is 16.7. The summed E-state index contributed by atoms with van der Waals surface area (Å²) in [5.41, 5.74) is 2.62. The Hall–Kier alpha value is -2.02. The standard InChI is InChI=1S/C20H19IO4/c1-11(2)13-7-5-12(6-8-13)9-16-19(22)17-14(23-3)10-15(24-4)18(21)20(17)25-16/h5-11H,1-4H3. The van der Waals surface area contributed by atoms with Gasteiger partial charge in [0.25, 0.3) is 0 Å². The predicted octanol–water partition coefficient (Wildman–Crippen LogP) is 5.05. The Morgan fingerprint density at radius 2 is 1.72 bits per heavy atom. The van der Waals surface area contributed by atoms with Gasteiger partial charge in [-0.3, -0.25) is 4.79 Å². The largest absolute Gasteiger partial charge is 0.496 e. The molecule has 1 heterocycles. The highest BCUT2D eigenvalue weighted by molar-refractivity contribution is 14.1. The fourth-order valence-corrected chi connectivity index (χ4v) is 3.47. The molecule has 0 spiro atoms. The summed E-state index contributed by atoms with van der Waals surface area (Å²) in [7, 11) is 3.11. The molecule has 3 rings (SSSR count). The molecule has 1 aliphatic heterocycles. The quantitative estimate of drug-likeness (QED) is 0.483. The fourth-order valence-electron chi connectivity index (χ4n) is 2.71. The molecule has 25 heavy (non-hydrogen) atoms. The van der Waals surface area contributed by atoms with Crippen LogP contribution in [0, 0.1) is 3.57 Å². The Balaban J connectivity index is 2.01. The van der Waals surface area contributed by atoms with Gasteiger partial charge in [-0.25, -0.2) is 0 Å². The molecule has 0 aliphatic carbocycles. The first-order valence-electron chi connectivity index (χ1n) is 7.95. The number of benzene rings is 2. The van der Waals surface area contributed by atoms with Crippen molar-refractivity contribution in [1.29, 1.82) is 0 Å². The van der Waals surface area contributed by atoms with Crippen LogP contribution in [0.15, 0.2) is 36.1 Å². The Bertz CT molecular complexity index is 851. The van der Waals surface area contributed by atoms with E-state index < -0.39 is 0 Å². The minimum absolute atomic E-state index is 0.180. The maximum absolute atomic E-state index is 12.8. The highest BCUT2D eigenvalue weighted by Gasteiger charge is 2.34. The molecule has 0 unspecified atom stereocenters. The van der Waals surface area contributed by atoms with Gasteiger partial charge in [0, 0.05) is 6.07 Å². The van der Waals surface area contributed by atoms with E-state index in [2.05, 4.69) is 48.6 Å². The van der Waals surface area contributed by atoms with Crippen LogP contribution in [-0.2, 0) is 0 Å². The first-order valence-corrected chi connectivity index (χ1v) is 9.02. The summed E-state index contributed by atoms with van der Waals surface area (Å²) in [5.74, 6) is 2.14. The molecule has 130 valence electrons. The van der Waals surface area contributed by atoms with Crippen LogP contribution in [0.5, 0.6) is 17.2 Å². The lowest BCUT2D eigenvalue weighted by atomic mass is 10.0. The minimum atomic E-state index is -0.180. The summed E-state index contributed by atoms with van der Waals surface area (Å²) in [5, 5.41) is 0. The van der Waals surface area contributed by atoms with E-state index in [1.165, 1.54) is 12.7 Å². The number of allylic oxidation sites excluding steroid dienone is 1. The zero-order chi connectivity index (χ0) is 18.1. The van der Waals surface area contributed by atoms with Crippen molar-refractivity contribution in [1.82, 2.24) is 0 Å². The second-order valence-corrected chi connectivity index (χ2v) is 7.14. The number of carbonyl (C=O) groups excluding carboxylic acids is 1. The molecule has 4 nitrogen and oxygen atoms in total. The van der Waals surface area contributed by atoms with Crippen molar-refractivity contribution in [2.24, 2.45) is 0 Å². The number of rotatable bonds is 4. The zero-order valence-electron chi connectivity index (χ0n) is 14.6. The lowest BCUT2D eigenvalue weighted by molar-refractivity contribution is 0.101. The number of hydrogen-bond donors (Lipinski definition) is 0. The average Bonchev–Trinajstić information content (AvgIpc) is 2.93. The molecule has 0 aromatic heterocycles. The number of carbonyl (C=O) groups is 1. The van der Waals surface area contributed by atoms with Crippen LogP contribution in [0.4, 0.5) is 0 Å². The Morgan fingerprint density at radius 1 is 1.08 bits per heavy atom. The molecule has 0 N–H and O–H groups in total. The van der Waals surface area contributed by atoms with Crippen LogP contribution in [0.25, 0.3) is 6.08 Å². The summed E-state index contributed by atoms with van der Waals surface area (Å²) in [6, 6.07) is 9.83. The molecular weight excluding hydrogens is 431 g/mol. The molecule has 2 aromatic rings. The Kier molecular flexibility index (Phi) is 5.03.